The smallest absolute Gasteiger partial charge is 0.247 e. The maximum absolute atomic E-state index is 11.6. The van der Waals surface area contributed by atoms with Crippen molar-refractivity contribution < 1.29 is 9.53 Å². The molecule has 10 heteroatoms. The molecule has 0 aliphatic carbocycles. The second-order valence-electron chi connectivity index (χ2n) is 8.72. The summed E-state index contributed by atoms with van der Waals surface area (Å²) in [5.74, 6) is 0.710. The molecule has 0 unspecified atom stereocenters. The predicted molar refractivity (Wildman–Crippen MR) is 145 cm³/mol. The summed E-state index contributed by atoms with van der Waals surface area (Å²) in [7, 11) is 0. The lowest BCUT2D eigenvalue weighted by Gasteiger charge is -2.22. The minimum absolute atomic E-state index is 0.274. The van der Waals surface area contributed by atoms with Gasteiger partial charge in [0.2, 0.25) is 11.9 Å². The molecule has 0 bridgehead atoms. The van der Waals surface area contributed by atoms with Crippen LogP contribution in [0.5, 0.6) is 0 Å². The first-order valence-electron chi connectivity index (χ1n) is 12.2. The maximum atomic E-state index is 11.6. The molecule has 5 rings (SSSR count). The quantitative estimate of drug-likeness (QED) is 0.279. The van der Waals surface area contributed by atoms with Gasteiger partial charge in [0.15, 0.2) is 0 Å². The zero-order chi connectivity index (χ0) is 26.3. The van der Waals surface area contributed by atoms with E-state index in [1.807, 2.05) is 29.2 Å². The highest BCUT2D eigenvalue weighted by Crippen LogP contribution is 2.31. The molecule has 0 saturated carbocycles. The molecule has 38 heavy (non-hydrogen) atoms. The normalized spacial score (nSPS) is 13.3. The minimum atomic E-state index is -0.274. The Hall–Kier alpha value is -5.01. The van der Waals surface area contributed by atoms with Gasteiger partial charge < -0.3 is 20.7 Å². The van der Waals surface area contributed by atoms with Crippen LogP contribution in [0, 0.1) is 11.3 Å². The van der Waals surface area contributed by atoms with E-state index in [4.69, 9.17) is 15.0 Å². The van der Waals surface area contributed by atoms with E-state index in [1.54, 1.807) is 42.6 Å². The van der Waals surface area contributed by atoms with Crippen LogP contribution in [0.1, 0.15) is 24.4 Å². The fourth-order valence-electron chi connectivity index (χ4n) is 4.10. The molecule has 3 heterocycles. The van der Waals surface area contributed by atoms with Gasteiger partial charge in [-0.2, -0.15) is 15.3 Å². The van der Waals surface area contributed by atoms with Crippen LogP contribution in [-0.4, -0.2) is 38.9 Å². The van der Waals surface area contributed by atoms with E-state index in [0.717, 1.165) is 48.6 Å². The topological polar surface area (TPSA) is 130 Å². The van der Waals surface area contributed by atoms with Crippen molar-refractivity contribution in [2.75, 3.05) is 29.2 Å². The molecule has 0 atom stereocenters. The van der Waals surface area contributed by atoms with Crippen LogP contribution in [0.3, 0.4) is 0 Å². The second kappa shape index (κ2) is 11.4. The molecular formula is C28H26N8O2. The van der Waals surface area contributed by atoms with Crippen molar-refractivity contribution in [1.82, 2.24) is 19.7 Å². The molecule has 1 aliphatic rings. The average Bonchev–Trinajstić information content (AvgIpc) is 3.45. The van der Waals surface area contributed by atoms with Gasteiger partial charge in [0, 0.05) is 53.8 Å². The van der Waals surface area contributed by atoms with Crippen LogP contribution in [0.15, 0.2) is 79.8 Å². The number of ether oxygens (including phenoxy) is 1. The predicted octanol–water partition coefficient (Wildman–Crippen LogP) is 5.17. The Bertz CT molecular complexity index is 1470. The van der Waals surface area contributed by atoms with E-state index >= 15 is 0 Å². The van der Waals surface area contributed by atoms with Gasteiger partial charge in [0.1, 0.15) is 5.82 Å². The zero-order valence-corrected chi connectivity index (χ0v) is 20.6. The number of hydrogen-bond acceptors (Lipinski definition) is 8. The van der Waals surface area contributed by atoms with Crippen molar-refractivity contribution in [2.24, 2.45) is 0 Å². The van der Waals surface area contributed by atoms with Gasteiger partial charge in [0.25, 0.3) is 0 Å². The lowest BCUT2D eigenvalue weighted by Crippen LogP contribution is -2.19. The molecule has 2 aromatic heterocycles. The van der Waals surface area contributed by atoms with Crippen molar-refractivity contribution in [2.45, 2.75) is 18.9 Å². The van der Waals surface area contributed by atoms with Crippen LogP contribution >= 0.6 is 0 Å². The molecule has 190 valence electrons. The number of nitrogens with one attached hydrogen (secondary N) is 3. The van der Waals surface area contributed by atoms with Gasteiger partial charge >= 0.3 is 0 Å². The Morgan fingerprint density at radius 1 is 1.03 bits per heavy atom. The third-order valence-electron chi connectivity index (χ3n) is 6.14. The first-order chi connectivity index (χ1) is 18.6. The zero-order valence-electron chi connectivity index (χ0n) is 20.6. The third-order valence-corrected chi connectivity index (χ3v) is 6.14. The van der Waals surface area contributed by atoms with E-state index in [0.29, 0.717) is 29.1 Å². The number of aromatic nitrogens is 4. The number of nitriles is 1. The van der Waals surface area contributed by atoms with Crippen molar-refractivity contribution in [3.05, 3.63) is 85.3 Å². The summed E-state index contributed by atoms with van der Waals surface area (Å²) in [6.07, 6.45) is 8.66. The summed E-state index contributed by atoms with van der Waals surface area (Å²) >= 11 is 0. The molecule has 0 spiro atoms. The Balaban J connectivity index is 1.44. The number of amides is 1. The summed E-state index contributed by atoms with van der Waals surface area (Å²) in [6.45, 7) is 4.94. The molecule has 1 fully saturated rings. The monoisotopic (exact) mass is 506 g/mol. The fourth-order valence-corrected chi connectivity index (χ4v) is 4.10. The molecule has 1 saturated heterocycles. The lowest BCUT2D eigenvalue weighted by molar-refractivity contribution is -0.111. The standard InChI is InChI=1S/C28H26N8O2/c1-2-26(37)32-21-7-9-22(10-8-21)33-27-25(20-16-31-36(18-20)24-11-13-38-14-12-24)17-30-28(35-27)34-23-5-3-19(15-29)4-6-23/h2-10,16-18,24H,1,11-14H2,(H,32,37)(H2,30,33,34,35). The van der Waals surface area contributed by atoms with Crippen LogP contribution in [0.4, 0.5) is 28.8 Å². The summed E-state index contributed by atoms with van der Waals surface area (Å²) in [5, 5.41) is 23.0. The summed E-state index contributed by atoms with van der Waals surface area (Å²) in [5.41, 5.74) is 4.45. The molecule has 4 aromatic rings. The maximum Gasteiger partial charge on any atom is 0.247 e. The van der Waals surface area contributed by atoms with Crippen molar-refractivity contribution in [3.8, 4) is 17.2 Å². The van der Waals surface area contributed by atoms with E-state index in [-0.39, 0.29) is 5.91 Å². The Kier molecular flexibility index (Phi) is 7.38. The number of benzene rings is 2. The SMILES string of the molecule is C=CC(=O)Nc1ccc(Nc2nc(Nc3ccc(C#N)cc3)ncc2-c2cnn(C3CCOCC3)c2)cc1. The molecule has 10 nitrogen and oxygen atoms in total. The molecule has 0 radical (unpaired) electrons. The highest BCUT2D eigenvalue weighted by atomic mass is 16.5. The summed E-state index contributed by atoms with van der Waals surface area (Å²) in [4.78, 5) is 20.9. The minimum Gasteiger partial charge on any atom is -0.381 e. The average molecular weight is 507 g/mol. The number of hydrogen-bond donors (Lipinski definition) is 3. The number of rotatable bonds is 8. The van der Waals surface area contributed by atoms with E-state index in [1.165, 1.54) is 6.08 Å². The van der Waals surface area contributed by atoms with Crippen LogP contribution < -0.4 is 16.0 Å². The van der Waals surface area contributed by atoms with Crippen LogP contribution in [0.2, 0.25) is 0 Å². The van der Waals surface area contributed by atoms with Crippen LogP contribution in [-0.2, 0) is 9.53 Å². The van der Waals surface area contributed by atoms with Gasteiger partial charge in [0.05, 0.1) is 23.9 Å². The van der Waals surface area contributed by atoms with Gasteiger partial charge in [-0.1, -0.05) is 6.58 Å². The Labute approximate surface area is 220 Å². The van der Waals surface area contributed by atoms with Crippen molar-refractivity contribution in [3.63, 3.8) is 0 Å². The lowest BCUT2D eigenvalue weighted by atomic mass is 10.1. The highest BCUT2D eigenvalue weighted by Gasteiger charge is 2.18. The Morgan fingerprint density at radius 2 is 1.71 bits per heavy atom. The number of carbonyl (C=O) groups is 1. The third kappa shape index (κ3) is 5.86. The van der Waals surface area contributed by atoms with Crippen molar-refractivity contribution in [1.29, 1.82) is 5.26 Å². The number of carbonyl (C=O) groups excluding carboxylic acids is 1. The number of nitrogens with zero attached hydrogens (tertiary/aromatic N) is 5. The van der Waals surface area contributed by atoms with Gasteiger partial charge in [-0.3, -0.25) is 9.48 Å². The highest BCUT2D eigenvalue weighted by molar-refractivity contribution is 5.99. The van der Waals surface area contributed by atoms with E-state index in [9.17, 15) is 4.79 Å². The molecule has 1 amide bonds. The fraction of sp³-hybridized carbons (Fsp3) is 0.179. The number of anilines is 5. The van der Waals surface area contributed by atoms with Gasteiger partial charge in [-0.15, -0.1) is 0 Å². The first-order valence-corrected chi connectivity index (χ1v) is 12.2. The Morgan fingerprint density at radius 3 is 2.42 bits per heavy atom. The molecular weight excluding hydrogens is 480 g/mol. The summed E-state index contributed by atoms with van der Waals surface area (Å²) in [6, 6.07) is 16.8. The van der Waals surface area contributed by atoms with E-state index in [2.05, 4.69) is 38.7 Å². The largest absolute Gasteiger partial charge is 0.381 e. The molecule has 3 N–H and O–H groups in total. The molecule has 1 aliphatic heterocycles. The van der Waals surface area contributed by atoms with Gasteiger partial charge in [-0.05, 0) is 67.4 Å². The van der Waals surface area contributed by atoms with E-state index < -0.39 is 0 Å². The van der Waals surface area contributed by atoms with Gasteiger partial charge in [-0.25, -0.2) is 4.98 Å². The van der Waals surface area contributed by atoms with Crippen molar-refractivity contribution >= 4 is 34.7 Å². The summed E-state index contributed by atoms with van der Waals surface area (Å²) < 4.78 is 7.47. The first kappa shape index (κ1) is 24.7. The van der Waals surface area contributed by atoms with Crippen LogP contribution in [0.25, 0.3) is 11.1 Å². The molecule has 2 aromatic carbocycles. The second-order valence-corrected chi connectivity index (χ2v) is 8.72.